The molecule has 1 unspecified atom stereocenters. The van der Waals surface area contributed by atoms with Crippen LogP contribution in [0.15, 0.2) is 18.2 Å². The first kappa shape index (κ1) is 10.8. The van der Waals surface area contributed by atoms with Crippen molar-refractivity contribution in [2.24, 2.45) is 5.92 Å². The van der Waals surface area contributed by atoms with E-state index >= 15 is 0 Å². The van der Waals surface area contributed by atoms with E-state index < -0.39 is 0 Å². The number of carbonyl (C=O) groups is 1. The highest BCUT2D eigenvalue weighted by molar-refractivity contribution is 5.71. The second-order valence-electron chi connectivity index (χ2n) is 3.96. The van der Waals surface area contributed by atoms with Gasteiger partial charge in [0.15, 0.2) is 11.5 Å². The standard InChI is InChI=1S/C12H14O4/c1-15-11-5-8(2-3-10(11)13)4-9-6-12(14)16-7-9/h2-3,5,9,13H,4,6-7H2,1H3. The zero-order valence-corrected chi connectivity index (χ0v) is 9.10. The van der Waals surface area contributed by atoms with Crippen LogP contribution in [0.5, 0.6) is 11.5 Å². The van der Waals surface area contributed by atoms with Gasteiger partial charge in [-0.3, -0.25) is 4.79 Å². The van der Waals surface area contributed by atoms with Crippen LogP contribution in [0, 0.1) is 5.92 Å². The SMILES string of the molecule is COc1cc(CC2COC(=O)C2)ccc1O. The minimum atomic E-state index is -0.129. The summed E-state index contributed by atoms with van der Waals surface area (Å²) < 4.78 is 9.92. The highest BCUT2D eigenvalue weighted by atomic mass is 16.5. The molecule has 1 aromatic rings. The Morgan fingerprint density at radius 2 is 2.38 bits per heavy atom. The Morgan fingerprint density at radius 3 is 3.00 bits per heavy atom. The van der Waals surface area contributed by atoms with Crippen molar-refractivity contribution in [2.75, 3.05) is 13.7 Å². The van der Waals surface area contributed by atoms with E-state index in [4.69, 9.17) is 9.47 Å². The van der Waals surface area contributed by atoms with Crippen molar-refractivity contribution in [3.8, 4) is 11.5 Å². The molecule has 0 radical (unpaired) electrons. The summed E-state index contributed by atoms with van der Waals surface area (Å²) in [5.41, 5.74) is 1.04. The lowest BCUT2D eigenvalue weighted by Gasteiger charge is -2.09. The number of hydrogen-bond donors (Lipinski definition) is 1. The van der Waals surface area contributed by atoms with Crippen LogP contribution in [-0.2, 0) is 16.0 Å². The number of phenols is 1. The van der Waals surface area contributed by atoms with E-state index in [0.717, 1.165) is 12.0 Å². The third kappa shape index (κ3) is 2.27. The lowest BCUT2D eigenvalue weighted by Crippen LogP contribution is -2.03. The Kier molecular flexibility index (Phi) is 2.99. The van der Waals surface area contributed by atoms with Crippen molar-refractivity contribution >= 4 is 5.97 Å². The molecule has 1 aromatic carbocycles. The molecule has 1 saturated heterocycles. The third-order valence-electron chi connectivity index (χ3n) is 2.70. The topological polar surface area (TPSA) is 55.8 Å². The van der Waals surface area contributed by atoms with Gasteiger partial charge in [-0.25, -0.2) is 0 Å². The van der Waals surface area contributed by atoms with Gasteiger partial charge in [-0.05, 0) is 24.1 Å². The molecule has 0 amide bonds. The monoisotopic (exact) mass is 222 g/mol. The molecule has 16 heavy (non-hydrogen) atoms. The summed E-state index contributed by atoms with van der Waals surface area (Å²) in [5.74, 6) is 0.699. The molecule has 0 bridgehead atoms. The highest BCUT2D eigenvalue weighted by Crippen LogP contribution is 2.28. The number of esters is 1. The summed E-state index contributed by atoms with van der Waals surface area (Å²) in [4.78, 5) is 10.9. The van der Waals surface area contributed by atoms with Gasteiger partial charge in [0.25, 0.3) is 0 Å². The van der Waals surface area contributed by atoms with Crippen LogP contribution >= 0.6 is 0 Å². The number of ether oxygens (including phenoxy) is 2. The molecule has 1 atom stereocenters. The largest absolute Gasteiger partial charge is 0.504 e. The first-order valence-electron chi connectivity index (χ1n) is 5.20. The van der Waals surface area contributed by atoms with Crippen LogP contribution in [0.25, 0.3) is 0 Å². The van der Waals surface area contributed by atoms with Gasteiger partial charge in [-0.1, -0.05) is 6.07 Å². The molecule has 1 fully saturated rings. The van der Waals surface area contributed by atoms with Crippen molar-refractivity contribution in [1.29, 1.82) is 0 Å². The van der Waals surface area contributed by atoms with E-state index in [0.29, 0.717) is 18.8 Å². The van der Waals surface area contributed by atoms with Crippen LogP contribution < -0.4 is 4.74 Å². The molecule has 1 N–H and O–H groups in total. The van der Waals surface area contributed by atoms with Gasteiger partial charge < -0.3 is 14.6 Å². The van der Waals surface area contributed by atoms with Crippen molar-refractivity contribution < 1.29 is 19.4 Å². The zero-order chi connectivity index (χ0) is 11.5. The maximum atomic E-state index is 10.9. The highest BCUT2D eigenvalue weighted by Gasteiger charge is 2.23. The number of rotatable bonds is 3. The summed E-state index contributed by atoms with van der Waals surface area (Å²) in [6.45, 7) is 0.488. The molecular formula is C12H14O4. The molecule has 0 saturated carbocycles. The number of carbonyl (C=O) groups excluding carboxylic acids is 1. The number of methoxy groups -OCH3 is 1. The Morgan fingerprint density at radius 1 is 1.56 bits per heavy atom. The molecule has 0 spiro atoms. The molecule has 1 heterocycles. The first-order valence-corrected chi connectivity index (χ1v) is 5.20. The quantitative estimate of drug-likeness (QED) is 0.787. The molecule has 0 aromatic heterocycles. The van der Waals surface area contributed by atoms with E-state index in [1.165, 1.54) is 7.11 Å². The third-order valence-corrected chi connectivity index (χ3v) is 2.70. The molecule has 4 heteroatoms. The van der Waals surface area contributed by atoms with Gasteiger partial charge in [0.1, 0.15) is 0 Å². The van der Waals surface area contributed by atoms with Gasteiger partial charge in [-0.2, -0.15) is 0 Å². The van der Waals surface area contributed by atoms with Crippen LogP contribution in [0.3, 0.4) is 0 Å². The van der Waals surface area contributed by atoms with E-state index in [9.17, 15) is 9.90 Å². The van der Waals surface area contributed by atoms with Crippen molar-refractivity contribution in [3.63, 3.8) is 0 Å². The zero-order valence-electron chi connectivity index (χ0n) is 9.10. The Hall–Kier alpha value is -1.71. The van der Waals surface area contributed by atoms with Gasteiger partial charge in [-0.15, -0.1) is 0 Å². The molecule has 2 rings (SSSR count). The fraction of sp³-hybridized carbons (Fsp3) is 0.417. The van der Waals surface area contributed by atoms with Crippen molar-refractivity contribution in [1.82, 2.24) is 0 Å². The lowest BCUT2D eigenvalue weighted by atomic mass is 9.98. The summed E-state index contributed by atoms with van der Waals surface area (Å²) in [6.07, 6.45) is 1.24. The lowest BCUT2D eigenvalue weighted by molar-refractivity contribution is -0.137. The molecule has 4 nitrogen and oxygen atoms in total. The van der Waals surface area contributed by atoms with Gasteiger partial charge >= 0.3 is 5.97 Å². The van der Waals surface area contributed by atoms with Gasteiger partial charge in [0.2, 0.25) is 0 Å². The smallest absolute Gasteiger partial charge is 0.306 e. The fourth-order valence-corrected chi connectivity index (χ4v) is 1.88. The number of benzene rings is 1. The van der Waals surface area contributed by atoms with E-state index in [1.807, 2.05) is 6.07 Å². The average Bonchev–Trinajstić information content (AvgIpc) is 2.67. The molecule has 0 aliphatic carbocycles. The second kappa shape index (κ2) is 4.43. The van der Waals surface area contributed by atoms with E-state index in [1.54, 1.807) is 12.1 Å². The van der Waals surface area contributed by atoms with Crippen molar-refractivity contribution in [2.45, 2.75) is 12.8 Å². The summed E-state index contributed by atoms with van der Waals surface area (Å²) in [5, 5.41) is 9.43. The Labute approximate surface area is 93.8 Å². The van der Waals surface area contributed by atoms with Crippen LogP contribution in [-0.4, -0.2) is 24.8 Å². The number of aromatic hydroxyl groups is 1. The molecule has 1 aliphatic rings. The Balaban J connectivity index is 2.07. The van der Waals surface area contributed by atoms with Crippen molar-refractivity contribution in [3.05, 3.63) is 23.8 Å². The van der Waals surface area contributed by atoms with E-state index in [2.05, 4.69) is 0 Å². The second-order valence-corrected chi connectivity index (χ2v) is 3.96. The Bertz CT molecular complexity index is 400. The molecule has 1 aliphatic heterocycles. The molecule has 86 valence electrons. The minimum Gasteiger partial charge on any atom is -0.504 e. The van der Waals surface area contributed by atoms with Crippen LogP contribution in [0.1, 0.15) is 12.0 Å². The minimum absolute atomic E-state index is 0.129. The number of phenolic OH excluding ortho intramolecular Hbond substituents is 1. The van der Waals surface area contributed by atoms with E-state index in [-0.39, 0.29) is 17.6 Å². The summed E-state index contributed by atoms with van der Waals surface area (Å²) in [7, 11) is 1.51. The number of cyclic esters (lactones) is 1. The predicted molar refractivity (Wildman–Crippen MR) is 57.4 cm³/mol. The number of hydrogen-bond acceptors (Lipinski definition) is 4. The van der Waals surface area contributed by atoms with Gasteiger partial charge in [0.05, 0.1) is 20.1 Å². The normalized spacial score (nSPS) is 19.6. The maximum absolute atomic E-state index is 10.9. The summed E-state index contributed by atoms with van der Waals surface area (Å²) >= 11 is 0. The van der Waals surface area contributed by atoms with Crippen LogP contribution in [0.4, 0.5) is 0 Å². The average molecular weight is 222 g/mol. The molecular weight excluding hydrogens is 208 g/mol. The fourth-order valence-electron chi connectivity index (χ4n) is 1.88. The first-order chi connectivity index (χ1) is 7.69. The predicted octanol–water partition coefficient (Wildman–Crippen LogP) is 1.51. The van der Waals surface area contributed by atoms with Crippen LogP contribution in [0.2, 0.25) is 0 Å². The maximum Gasteiger partial charge on any atom is 0.306 e. The van der Waals surface area contributed by atoms with Gasteiger partial charge in [0, 0.05) is 5.92 Å². The summed E-state index contributed by atoms with van der Waals surface area (Å²) in [6, 6.07) is 5.23.